The van der Waals surface area contributed by atoms with Crippen LogP contribution in [-0.2, 0) is 12.3 Å². The first-order chi connectivity index (χ1) is 6.83. The van der Waals surface area contributed by atoms with E-state index in [9.17, 15) is 0 Å². The second-order valence-corrected chi connectivity index (χ2v) is 4.93. The highest BCUT2D eigenvalue weighted by Gasteiger charge is 2.05. The normalized spacial score (nSPS) is 10.5. The summed E-state index contributed by atoms with van der Waals surface area (Å²) in [6.45, 7) is 0. The maximum absolute atomic E-state index is 5.97. The van der Waals surface area contributed by atoms with Crippen molar-refractivity contribution >= 4 is 39.3 Å². The first-order valence-electron chi connectivity index (χ1n) is 4.60. The Kier molecular flexibility index (Phi) is 5.99. The number of rotatable bonds is 5. The Hall–Kier alpha value is 0.340. The van der Waals surface area contributed by atoms with Gasteiger partial charge in [0.1, 0.15) is 0 Å². The Bertz CT molecular complexity index is 289. The van der Waals surface area contributed by atoms with E-state index in [4.69, 9.17) is 11.6 Å². The number of hydrogen-bond donors (Lipinski definition) is 0. The van der Waals surface area contributed by atoms with E-state index in [1.165, 1.54) is 22.4 Å². The zero-order valence-corrected chi connectivity index (χ0v) is 11.4. The molecule has 1 rings (SSSR count). The minimum Gasteiger partial charge on any atom is -0.129 e. The molecule has 0 nitrogen and oxygen atoms in total. The fourth-order valence-electron chi connectivity index (χ4n) is 1.45. The van der Waals surface area contributed by atoms with Crippen molar-refractivity contribution in [2.24, 2.45) is 0 Å². The summed E-state index contributed by atoms with van der Waals surface area (Å²) >= 11 is 11.2. The van der Waals surface area contributed by atoms with Gasteiger partial charge in [0.25, 0.3) is 0 Å². The Morgan fingerprint density at radius 3 is 2.79 bits per heavy atom. The van der Waals surface area contributed by atoms with E-state index >= 15 is 0 Å². The fraction of sp³-hybridized carbons (Fsp3) is 0.455. The lowest BCUT2D eigenvalue weighted by atomic mass is 10.0. The van der Waals surface area contributed by atoms with Crippen LogP contribution in [0.4, 0.5) is 0 Å². The van der Waals surface area contributed by atoms with Crippen LogP contribution >= 0.6 is 39.3 Å². The van der Waals surface area contributed by atoms with Crippen LogP contribution in [0.2, 0.25) is 0 Å². The predicted molar refractivity (Wildman–Crippen MR) is 69.9 cm³/mol. The molecule has 0 radical (unpaired) electrons. The molecule has 14 heavy (non-hydrogen) atoms. The number of aryl methyl sites for hydroxylation is 1. The van der Waals surface area contributed by atoms with Gasteiger partial charge in [0.2, 0.25) is 0 Å². The van der Waals surface area contributed by atoms with E-state index in [1.807, 2.05) is 0 Å². The van der Waals surface area contributed by atoms with E-state index < -0.39 is 0 Å². The van der Waals surface area contributed by atoms with Crippen molar-refractivity contribution in [3.8, 4) is 0 Å². The monoisotopic (exact) mass is 292 g/mol. The molecule has 78 valence electrons. The lowest BCUT2D eigenvalue weighted by Crippen LogP contribution is -1.94. The van der Waals surface area contributed by atoms with Crippen molar-refractivity contribution < 1.29 is 0 Å². The number of thioether (sulfide) groups is 1. The van der Waals surface area contributed by atoms with Crippen LogP contribution < -0.4 is 0 Å². The number of halogens is 2. The van der Waals surface area contributed by atoms with Crippen LogP contribution in [-0.4, -0.2) is 11.6 Å². The van der Waals surface area contributed by atoms with Crippen molar-refractivity contribution in [1.82, 2.24) is 0 Å². The number of alkyl halides is 2. The van der Waals surface area contributed by atoms with Gasteiger partial charge >= 0.3 is 0 Å². The second kappa shape index (κ2) is 6.76. The summed E-state index contributed by atoms with van der Waals surface area (Å²) in [5.74, 6) is 0.620. The predicted octanol–water partition coefficient (Wildman–Crippen LogP) is 4.47. The van der Waals surface area contributed by atoms with Crippen LogP contribution in [0.15, 0.2) is 23.1 Å². The van der Waals surface area contributed by atoms with Crippen molar-refractivity contribution in [1.29, 1.82) is 0 Å². The molecule has 0 saturated heterocycles. The summed E-state index contributed by atoms with van der Waals surface area (Å²) in [6, 6.07) is 6.44. The Balaban J connectivity index is 2.90. The molecule has 0 spiro atoms. The van der Waals surface area contributed by atoms with Gasteiger partial charge in [-0.05, 0) is 36.3 Å². The highest BCUT2D eigenvalue weighted by atomic mass is 79.9. The van der Waals surface area contributed by atoms with Gasteiger partial charge in [-0.15, -0.1) is 23.4 Å². The summed E-state index contributed by atoms with van der Waals surface area (Å²) in [5, 5.41) is 1.05. The lowest BCUT2D eigenvalue weighted by molar-refractivity contribution is 0.918. The van der Waals surface area contributed by atoms with Crippen LogP contribution in [0.5, 0.6) is 0 Å². The minimum atomic E-state index is 0.620. The van der Waals surface area contributed by atoms with Gasteiger partial charge in [-0.2, -0.15) is 0 Å². The molecule has 1 aromatic carbocycles. The molecule has 0 saturated carbocycles. The van der Waals surface area contributed by atoms with Crippen LogP contribution in [0.1, 0.15) is 17.5 Å². The molecule has 0 bridgehead atoms. The third-order valence-electron chi connectivity index (χ3n) is 2.16. The number of hydrogen-bond acceptors (Lipinski definition) is 1. The van der Waals surface area contributed by atoms with E-state index in [0.717, 1.165) is 11.8 Å². The maximum atomic E-state index is 5.97. The molecule has 0 amide bonds. The summed E-state index contributed by atoms with van der Waals surface area (Å²) in [4.78, 5) is 1.31. The van der Waals surface area contributed by atoms with Crippen LogP contribution in [0, 0.1) is 0 Å². The average molecular weight is 294 g/mol. The average Bonchev–Trinajstić information content (AvgIpc) is 2.25. The third kappa shape index (κ3) is 3.18. The summed E-state index contributed by atoms with van der Waals surface area (Å²) in [5.41, 5.74) is 2.70. The van der Waals surface area contributed by atoms with E-state index in [1.54, 1.807) is 11.8 Å². The molecule has 0 aromatic heterocycles. The first kappa shape index (κ1) is 12.4. The van der Waals surface area contributed by atoms with Crippen LogP contribution in [0.3, 0.4) is 0 Å². The molecule has 0 aliphatic carbocycles. The molecule has 0 fully saturated rings. The molecular weight excluding hydrogens is 280 g/mol. The highest BCUT2D eigenvalue weighted by molar-refractivity contribution is 9.09. The van der Waals surface area contributed by atoms with Gasteiger partial charge in [-0.1, -0.05) is 28.1 Å². The minimum absolute atomic E-state index is 0.620. The van der Waals surface area contributed by atoms with E-state index in [0.29, 0.717) is 5.88 Å². The van der Waals surface area contributed by atoms with Crippen molar-refractivity contribution in [2.45, 2.75) is 23.6 Å². The van der Waals surface area contributed by atoms with Crippen LogP contribution in [0.25, 0.3) is 0 Å². The Morgan fingerprint density at radius 2 is 2.21 bits per heavy atom. The standard InChI is InChI=1S/C11H14BrClS/c1-14-11-6-2-4-9(5-3-7-12)10(11)8-13/h2,4,6H,3,5,7-8H2,1H3. The Morgan fingerprint density at radius 1 is 1.43 bits per heavy atom. The summed E-state index contributed by atoms with van der Waals surface area (Å²) in [6.07, 6.45) is 4.38. The first-order valence-corrected chi connectivity index (χ1v) is 7.48. The van der Waals surface area contributed by atoms with Gasteiger partial charge < -0.3 is 0 Å². The van der Waals surface area contributed by atoms with Gasteiger partial charge in [0, 0.05) is 16.1 Å². The van der Waals surface area contributed by atoms with E-state index in [2.05, 4.69) is 40.4 Å². The highest BCUT2D eigenvalue weighted by Crippen LogP contribution is 2.26. The molecule has 0 heterocycles. The summed E-state index contributed by atoms with van der Waals surface area (Å²) in [7, 11) is 0. The topological polar surface area (TPSA) is 0 Å². The van der Waals surface area contributed by atoms with Gasteiger partial charge in [0.15, 0.2) is 0 Å². The zero-order chi connectivity index (χ0) is 10.4. The molecule has 0 aliphatic heterocycles. The molecule has 0 aliphatic rings. The van der Waals surface area contributed by atoms with Crippen molar-refractivity contribution in [2.75, 3.05) is 11.6 Å². The molecule has 1 aromatic rings. The van der Waals surface area contributed by atoms with Gasteiger partial charge in [-0.25, -0.2) is 0 Å². The number of benzene rings is 1. The fourth-order valence-corrected chi connectivity index (χ4v) is 2.79. The maximum Gasteiger partial charge on any atom is 0.0487 e. The van der Waals surface area contributed by atoms with Crippen molar-refractivity contribution in [3.05, 3.63) is 29.3 Å². The van der Waals surface area contributed by atoms with E-state index in [-0.39, 0.29) is 0 Å². The van der Waals surface area contributed by atoms with Gasteiger partial charge in [-0.3, -0.25) is 0 Å². The Labute approximate surface area is 104 Å². The molecular formula is C11H14BrClS. The van der Waals surface area contributed by atoms with Gasteiger partial charge in [0.05, 0.1) is 0 Å². The summed E-state index contributed by atoms with van der Waals surface area (Å²) < 4.78 is 0. The smallest absolute Gasteiger partial charge is 0.0487 e. The lowest BCUT2D eigenvalue weighted by Gasteiger charge is -2.10. The SMILES string of the molecule is CSc1cccc(CCCBr)c1CCl. The second-order valence-electron chi connectivity index (χ2n) is 3.02. The molecule has 0 atom stereocenters. The molecule has 0 unspecified atom stereocenters. The zero-order valence-electron chi connectivity index (χ0n) is 8.22. The molecule has 3 heteroatoms. The largest absolute Gasteiger partial charge is 0.129 e. The molecule has 0 N–H and O–H groups in total. The quantitative estimate of drug-likeness (QED) is 0.570. The third-order valence-corrected chi connectivity index (χ3v) is 3.81. The van der Waals surface area contributed by atoms with Crippen molar-refractivity contribution in [3.63, 3.8) is 0 Å².